The summed E-state index contributed by atoms with van der Waals surface area (Å²) in [5.74, 6) is -0.387. The lowest BCUT2D eigenvalue weighted by Gasteiger charge is -2.07. The summed E-state index contributed by atoms with van der Waals surface area (Å²) in [5, 5.41) is 4.59. The molecule has 0 bridgehead atoms. The first kappa shape index (κ1) is 17.7. The van der Waals surface area contributed by atoms with Crippen molar-refractivity contribution in [3.63, 3.8) is 0 Å². The molecule has 140 valence electrons. The van der Waals surface area contributed by atoms with Crippen LogP contribution in [0.15, 0.2) is 65.5 Å². The summed E-state index contributed by atoms with van der Waals surface area (Å²) in [6.45, 7) is 1.40. The summed E-state index contributed by atoms with van der Waals surface area (Å²) in [4.78, 5) is 28.7. The van der Waals surface area contributed by atoms with Crippen molar-refractivity contribution in [2.75, 3.05) is 0 Å². The molecule has 0 amide bonds. The molecular weight excluding hydrogens is 356 g/mol. The van der Waals surface area contributed by atoms with Crippen LogP contribution in [0.1, 0.15) is 12.6 Å². The highest BCUT2D eigenvalue weighted by molar-refractivity contribution is 5.77. The van der Waals surface area contributed by atoms with Gasteiger partial charge in [0, 0.05) is 14.0 Å². The molecule has 7 nitrogen and oxygen atoms in total. The number of ether oxygens (including phenoxy) is 1. The fraction of sp³-hybridized carbons (Fsp3) is 0.143. The van der Waals surface area contributed by atoms with Gasteiger partial charge in [-0.1, -0.05) is 30.3 Å². The van der Waals surface area contributed by atoms with Gasteiger partial charge in [0.2, 0.25) is 0 Å². The Kier molecular flexibility index (Phi) is 4.49. The van der Waals surface area contributed by atoms with Crippen LogP contribution in [0.25, 0.3) is 28.1 Å². The molecular formula is C21H18N4O3. The number of hydrogen-bond acceptors (Lipinski definition) is 5. The molecule has 0 spiro atoms. The van der Waals surface area contributed by atoms with E-state index >= 15 is 0 Å². The predicted octanol–water partition coefficient (Wildman–Crippen LogP) is 2.85. The largest absolute Gasteiger partial charge is 0.459 e. The number of aromatic nitrogens is 4. The standard InChI is InChI=1S/C21H18N4O3/c1-14(26)28-13-16-12-18(23-25(16)15-8-4-3-5-9-15)20-21(27)24(2)19-11-7-6-10-17(19)22-20/h3-12H,13H2,1-2H3. The van der Waals surface area contributed by atoms with Crippen LogP contribution >= 0.6 is 0 Å². The molecule has 0 aliphatic rings. The fourth-order valence-electron chi connectivity index (χ4n) is 3.05. The predicted molar refractivity (Wildman–Crippen MR) is 105 cm³/mol. The first-order chi connectivity index (χ1) is 13.5. The second-order valence-electron chi connectivity index (χ2n) is 6.36. The van der Waals surface area contributed by atoms with E-state index in [0.717, 1.165) is 11.2 Å². The molecule has 4 rings (SSSR count). The van der Waals surface area contributed by atoms with Gasteiger partial charge in [-0.2, -0.15) is 5.10 Å². The molecule has 0 atom stereocenters. The molecule has 0 aliphatic heterocycles. The summed E-state index contributed by atoms with van der Waals surface area (Å²) in [5.41, 5.74) is 3.34. The highest BCUT2D eigenvalue weighted by Crippen LogP contribution is 2.21. The topological polar surface area (TPSA) is 79.0 Å². The molecule has 0 aliphatic carbocycles. The van der Waals surface area contributed by atoms with Crippen LogP contribution in [0.5, 0.6) is 0 Å². The molecule has 0 unspecified atom stereocenters. The van der Waals surface area contributed by atoms with E-state index in [1.54, 1.807) is 22.4 Å². The van der Waals surface area contributed by atoms with Gasteiger partial charge in [0.25, 0.3) is 5.56 Å². The zero-order valence-corrected chi connectivity index (χ0v) is 15.5. The molecule has 0 saturated heterocycles. The van der Waals surface area contributed by atoms with Gasteiger partial charge < -0.3 is 9.30 Å². The van der Waals surface area contributed by atoms with E-state index in [9.17, 15) is 9.59 Å². The third-order valence-corrected chi connectivity index (χ3v) is 4.43. The van der Waals surface area contributed by atoms with Gasteiger partial charge >= 0.3 is 5.97 Å². The number of carbonyl (C=O) groups is 1. The minimum Gasteiger partial charge on any atom is -0.459 e. The van der Waals surface area contributed by atoms with Gasteiger partial charge in [-0.25, -0.2) is 9.67 Å². The van der Waals surface area contributed by atoms with Gasteiger partial charge in [-0.15, -0.1) is 0 Å². The Morgan fingerprint density at radius 3 is 2.54 bits per heavy atom. The van der Waals surface area contributed by atoms with E-state index in [4.69, 9.17) is 4.74 Å². The maximum absolute atomic E-state index is 12.9. The average molecular weight is 374 g/mol. The van der Waals surface area contributed by atoms with E-state index in [1.807, 2.05) is 54.6 Å². The van der Waals surface area contributed by atoms with Crippen molar-refractivity contribution in [3.05, 3.63) is 76.7 Å². The average Bonchev–Trinajstić information content (AvgIpc) is 3.14. The quantitative estimate of drug-likeness (QED) is 0.513. The molecule has 0 fully saturated rings. The van der Waals surface area contributed by atoms with E-state index in [0.29, 0.717) is 16.9 Å². The molecule has 0 saturated carbocycles. The van der Waals surface area contributed by atoms with Crippen molar-refractivity contribution < 1.29 is 9.53 Å². The fourth-order valence-corrected chi connectivity index (χ4v) is 3.05. The molecule has 4 aromatic rings. The Bertz CT molecular complexity index is 1230. The van der Waals surface area contributed by atoms with Crippen LogP contribution in [0.4, 0.5) is 0 Å². The number of hydrogen-bond donors (Lipinski definition) is 0. The smallest absolute Gasteiger partial charge is 0.303 e. The molecule has 2 heterocycles. The summed E-state index contributed by atoms with van der Waals surface area (Å²) in [6.07, 6.45) is 0. The Hall–Kier alpha value is -3.74. The van der Waals surface area contributed by atoms with E-state index in [-0.39, 0.29) is 23.8 Å². The zero-order valence-electron chi connectivity index (χ0n) is 15.5. The van der Waals surface area contributed by atoms with Gasteiger partial charge in [0.15, 0.2) is 5.69 Å². The summed E-state index contributed by atoms with van der Waals surface area (Å²) in [7, 11) is 1.71. The number of nitrogens with zero attached hydrogens (tertiary/aromatic N) is 4. The highest BCUT2D eigenvalue weighted by atomic mass is 16.5. The van der Waals surface area contributed by atoms with E-state index in [2.05, 4.69) is 10.1 Å². The third kappa shape index (κ3) is 3.18. The van der Waals surface area contributed by atoms with Crippen molar-refractivity contribution in [2.24, 2.45) is 7.05 Å². The Morgan fingerprint density at radius 2 is 1.79 bits per heavy atom. The molecule has 0 N–H and O–H groups in total. The number of para-hydroxylation sites is 3. The molecule has 2 aromatic carbocycles. The number of esters is 1. The number of carbonyl (C=O) groups excluding carboxylic acids is 1. The van der Waals surface area contributed by atoms with Crippen LogP contribution in [0.2, 0.25) is 0 Å². The second-order valence-corrected chi connectivity index (χ2v) is 6.36. The molecule has 2 aromatic heterocycles. The normalized spacial score (nSPS) is 10.9. The monoisotopic (exact) mass is 374 g/mol. The van der Waals surface area contributed by atoms with Crippen LogP contribution < -0.4 is 5.56 Å². The van der Waals surface area contributed by atoms with Crippen molar-refractivity contribution >= 4 is 17.0 Å². The summed E-state index contributed by atoms with van der Waals surface area (Å²) >= 11 is 0. The number of rotatable bonds is 4. The van der Waals surface area contributed by atoms with Gasteiger partial charge in [-0.05, 0) is 30.3 Å². The maximum atomic E-state index is 12.9. The van der Waals surface area contributed by atoms with Gasteiger partial charge in [0.1, 0.15) is 12.3 Å². The number of aryl methyl sites for hydroxylation is 1. The molecule has 0 radical (unpaired) electrons. The van der Waals surface area contributed by atoms with Crippen LogP contribution in [0.3, 0.4) is 0 Å². The Labute approximate surface area is 160 Å². The third-order valence-electron chi connectivity index (χ3n) is 4.43. The van der Waals surface area contributed by atoms with Crippen LogP contribution in [0, 0.1) is 0 Å². The highest BCUT2D eigenvalue weighted by Gasteiger charge is 2.17. The Morgan fingerprint density at radius 1 is 1.07 bits per heavy atom. The first-order valence-electron chi connectivity index (χ1n) is 8.78. The van der Waals surface area contributed by atoms with Gasteiger partial charge in [-0.3, -0.25) is 9.59 Å². The lowest BCUT2D eigenvalue weighted by atomic mass is 10.2. The molecule has 28 heavy (non-hydrogen) atoms. The summed E-state index contributed by atoms with van der Waals surface area (Å²) in [6, 6.07) is 18.6. The van der Waals surface area contributed by atoms with E-state index < -0.39 is 0 Å². The summed E-state index contributed by atoms with van der Waals surface area (Å²) < 4.78 is 8.38. The van der Waals surface area contributed by atoms with Crippen LogP contribution in [-0.2, 0) is 23.2 Å². The minimum atomic E-state index is -0.387. The lowest BCUT2D eigenvalue weighted by Crippen LogP contribution is -2.21. The lowest BCUT2D eigenvalue weighted by molar-refractivity contribution is -0.142. The Balaban J connectivity index is 1.89. The first-order valence-corrected chi connectivity index (χ1v) is 8.78. The van der Waals surface area contributed by atoms with Crippen molar-refractivity contribution in [1.29, 1.82) is 0 Å². The maximum Gasteiger partial charge on any atom is 0.303 e. The van der Waals surface area contributed by atoms with E-state index in [1.165, 1.54) is 6.92 Å². The molecule has 7 heteroatoms. The minimum absolute atomic E-state index is 0.0468. The van der Waals surface area contributed by atoms with Crippen molar-refractivity contribution in [2.45, 2.75) is 13.5 Å². The van der Waals surface area contributed by atoms with Crippen LogP contribution in [-0.4, -0.2) is 25.3 Å². The SMILES string of the molecule is CC(=O)OCc1cc(-c2nc3ccccc3n(C)c2=O)nn1-c1ccccc1. The van der Waals surface area contributed by atoms with Crippen molar-refractivity contribution in [1.82, 2.24) is 19.3 Å². The van der Waals surface area contributed by atoms with Crippen molar-refractivity contribution in [3.8, 4) is 17.1 Å². The van der Waals surface area contributed by atoms with Gasteiger partial charge in [0.05, 0.1) is 22.4 Å². The second kappa shape index (κ2) is 7.11. The number of fused-ring (bicyclic) bond motifs is 1. The zero-order chi connectivity index (χ0) is 19.7. The number of benzene rings is 2.